The lowest BCUT2D eigenvalue weighted by molar-refractivity contribution is 0.127. The zero-order chi connectivity index (χ0) is 12.8. The summed E-state index contributed by atoms with van der Waals surface area (Å²) in [7, 11) is 0. The van der Waals surface area contributed by atoms with Crippen LogP contribution in [0.3, 0.4) is 0 Å². The Bertz CT molecular complexity index is 330. The van der Waals surface area contributed by atoms with Crippen LogP contribution >= 0.6 is 0 Å². The predicted molar refractivity (Wildman–Crippen MR) is 75.5 cm³/mol. The molecule has 0 radical (unpaired) electrons. The van der Waals surface area contributed by atoms with Crippen LogP contribution in [0.2, 0.25) is 0 Å². The fourth-order valence-electron chi connectivity index (χ4n) is 2.85. The minimum Gasteiger partial charge on any atom is -0.387 e. The molecule has 0 saturated heterocycles. The van der Waals surface area contributed by atoms with Gasteiger partial charge in [-0.25, -0.2) is 0 Å². The molecule has 2 heteroatoms. The summed E-state index contributed by atoms with van der Waals surface area (Å²) in [6.07, 6.45) is 7.49. The Morgan fingerprint density at radius 1 is 1.06 bits per heavy atom. The van der Waals surface area contributed by atoms with Crippen LogP contribution in [0.5, 0.6) is 0 Å². The number of aliphatic hydroxyl groups is 1. The third kappa shape index (κ3) is 3.82. The number of aliphatic hydroxyl groups excluding tert-OH is 1. The molecule has 2 atom stereocenters. The van der Waals surface area contributed by atoms with Crippen LogP contribution in [-0.4, -0.2) is 17.2 Å². The van der Waals surface area contributed by atoms with Crippen molar-refractivity contribution in [2.45, 2.75) is 63.6 Å². The van der Waals surface area contributed by atoms with E-state index in [0.717, 1.165) is 5.56 Å². The van der Waals surface area contributed by atoms with E-state index in [0.29, 0.717) is 6.04 Å². The van der Waals surface area contributed by atoms with E-state index in [1.807, 2.05) is 30.3 Å². The minimum atomic E-state index is -0.408. The van der Waals surface area contributed by atoms with E-state index in [2.05, 4.69) is 12.2 Å². The zero-order valence-electron chi connectivity index (χ0n) is 11.3. The number of rotatable bonds is 4. The van der Waals surface area contributed by atoms with Gasteiger partial charge in [0.25, 0.3) is 0 Å². The molecule has 2 unspecified atom stereocenters. The maximum absolute atomic E-state index is 10.3. The van der Waals surface area contributed by atoms with Crippen LogP contribution in [0.15, 0.2) is 30.3 Å². The largest absolute Gasteiger partial charge is 0.387 e. The summed E-state index contributed by atoms with van der Waals surface area (Å²) in [6, 6.07) is 10.6. The molecule has 1 aromatic rings. The van der Waals surface area contributed by atoms with Gasteiger partial charge in [-0.15, -0.1) is 0 Å². The highest BCUT2D eigenvalue weighted by Crippen LogP contribution is 2.21. The first kappa shape index (κ1) is 13.6. The summed E-state index contributed by atoms with van der Waals surface area (Å²) >= 11 is 0. The fourth-order valence-corrected chi connectivity index (χ4v) is 2.85. The van der Waals surface area contributed by atoms with Crippen LogP contribution < -0.4 is 5.32 Å². The molecule has 0 amide bonds. The van der Waals surface area contributed by atoms with Gasteiger partial charge in [-0.1, -0.05) is 56.0 Å². The van der Waals surface area contributed by atoms with Crippen molar-refractivity contribution in [2.75, 3.05) is 0 Å². The van der Waals surface area contributed by atoms with Crippen LogP contribution in [-0.2, 0) is 0 Å². The van der Waals surface area contributed by atoms with E-state index in [-0.39, 0.29) is 6.04 Å². The minimum absolute atomic E-state index is 0.121. The molecule has 18 heavy (non-hydrogen) atoms. The van der Waals surface area contributed by atoms with Gasteiger partial charge in [0, 0.05) is 12.1 Å². The van der Waals surface area contributed by atoms with Crippen molar-refractivity contribution in [1.29, 1.82) is 0 Å². The SMILES string of the molecule is CC(NC1CCCCCC1)C(O)c1ccccc1. The number of hydrogen-bond acceptors (Lipinski definition) is 2. The van der Waals surface area contributed by atoms with Crippen molar-refractivity contribution in [3.8, 4) is 0 Å². The van der Waals surface area contributed by atoms with Gasteiger partial charge in [0.05, 0.1) is 6.10 Å². The van der Waals surface area contributed by atoms with Crippen LogP contribution in [0.4, 0.5) is 0 Å². The number of nitrogens with one attached hydrogen (secondary N) is 1. The highest BCUT2D eigenvalue weighted by Gasteiger charge is 2.20. The van der Waals surface area contributed by atoms with Crippen LogP contribution in [0, 0.1) is 0 Å². The van der Waals surface area contributed by atoms with Crippen molar-refractivity contribution in [1.82, 2.24) is 5.32 Å². The van der Waals surface area contributed by atoms with Crippen molar-refractivity contribution in [3.05, 3.63) is 35.9 Å². The Balaban J connectivity index is 1.88. The lowest BCUT2D eigenvalue weighted by Gasteiger charge is -2.26. The van der Waals surface area contributed by atoms with E-state index in [9.17, 15) is 5.11 Å². The molecule has 1 aliphatic carbocycles. The van der Waals surface area contributed by atoms with E-state index in [1.54, 1.807) is 0 Å². The molecule has 0 spiro atoms. The lowest BCUT2D eigenvalue weighted by Crippen LogP contribution is -2.39. The highest BCUT2D eigenvalue weighted by molar-refractivity contribution is 5.18. The second-order valence-corrected chi connectivity index (χ2v) is 5.50. The first-order chi connectivity index (χ1) is 8.77. The average Bonchev–Trinajstić information content (AvgIpc) is 2.67. The highest BCUT2D eigenvalue weighted by atomic mass is 16.3. The van der Waals surface area contributed by atoms with Crippen molar-refractivity contribution in [2.24, 2.45) is 0 Å². The second-order valence-electron chi connectivity index (χ2n) is 5.50. The molecule has 1 aliphatic rings. The summed E-state index contributed by atoms with van der Waals surface area (Å²) in [6.45, 7) is 2.09. The van der Waals surface area contributed by atoms with Gasteiger partial charge in [0.2, 0.25) is 0 Å². The van der Waals surface area contributed by atoms with Gasteiger partial charge in [0.1, 0.15) is 0 Å². The van der Waals surface area contributed by atoms with E-state index in [1.165, 1.54) is 38.5 Å². The summed E-state index contributed by atoms with van der Waals surface area (Å²) in [4.78, 5) is 0. The molecule has 1 aromatic carbocycles. The Labute approximate surface area is 110 Å². The van der Waals surface area contributed by atoms with Gasteiger partial charge in [0.15, 0.2) is 0 Å². The molecule has 0 heterocycles. The normalized spacial score (nSPS) is 21.2. The Morgan fingerprint density at radius 2 is 1.67 bits per heavy atom. The summed E-state index contributed by atoms with van der Waals surface area (Å²) in [5.41, 5.74) is 1.01. The van der Waals surface area contributed by atoms with Crippen LogP contribution in [0.1, 0.15) is 57.1 Å². The van der Waals surface area contributed by atoms with Crippen LogP contribution in [0.25, 0.3) is 0 Å². The molecule has 2 N–H and O–H groups in total. The Morgan fingerprint density at radius 3 is 2.28 bits per heavy atom. The standard InChI is InChI=1S/C16H25NO/c1-13(16(18)14-9-5-4-6-10-14)17-15-11-7-2-3-8-12-15/h4-6,9-10,13,15-18H,2-3,7-8,11-12H2,1H3. The fraction of sp³-hybridized carbons (Fsp3) is 0.625. The second kappa shape index (κ2) is 6.91. The molecule has 100 valence electrons. The Kier molecular flexibility index (Phi) is 5.21. The predicted octanol–water partition coefficient (Wildman–Crippen LogP) is 3.42. The van der Waals surface area contributed by atoms with E-state index < -0.39 is 6.10 Å². The molecule has 0 aromatic heterocycles. The zero-order valence-corrected chi connectivity index (χ0v) is 11.3. The third-order valence-electron chi connectivity index (χ3n) is 3.97. The molecule has 1 fully saturated rings. The maximum atomic E-state index is 10.3. The van der Waals surface area contributed by atoms with Crippen molar-refractivity contribution in [3.63, 3.8) is 0 Å². The number of hydrogen-bond donors (Lipinski definition) is 2. The van der Waals surface area contributed by atoms with Gasteiger partial charge < -0.3 is 10.4 Å². The Hall–Kier alpha value is -0.860. The molecular formula is C16H25NO. The molecule has 0 aliphatic heterocycles. The molecule has 1 saturated carbocycles. The van der Waals surface area contributed by atoms with Crippen molar-refractivity contribution >= 4 is 0 Å². The first-order valence-corrected chi connectivity index (χ1v) is 7.26. The molecular weight excluding hydrogens is 222 g/mol. The van der Waals surface area contributed by atoms with E-state index >= 15 is 0 Å². The summed E-state index contributed by atoms with van der Waals surface area (Å²) in [5.74, 6) is 0. The van der Waals surface area contributed by atoms with Crippen molar-refractivity contribution < 1.29 is 5.11 Å². The lowest BCUT2D eigenvalue weighted by atomic mass is 10.0. The third-order valence-corrected chi connectivity index (χ3v) is 3.97. The summed E-state index contributed by atoms with van der Waals surface area (Å²) in [5, 5.41) is 13.9. The first-order valence-electron chi connectivity index (χ1n) is 7.26. The quantitative estimate of drug-likeness (QED) is 0.799. The van der Waals surface area contributed by atoms with Gasteiger partial charge in [-0.05, 0) is 25.3 Å². The van der Waals surface area contributed by atoms with E-state index in [4.69, 9.17) is 0 Å². The molecule has 2 nitrogen and oxygen atoms in total. The summed E-state index contributed by atoms with van der Waals surface area (Å²) < 4.78 is 0. The smallest absolute Gasteiger partial charge is 0.0940 e. The van der Waals surface area contributed by atoms with Gasteiger partial charge >= 0.3 is 0 Å². The van der Waals surface area contributed by atoms with Gasteiger partial charge in [-0.3, -0.25) is 0 Å². The molecule has 0 bridgehead atoms. The number of benzene rings is 1. The monoisotopic (exact) mass is 247 g/mol. The average molecular weight is 247 g/mol. The topological polar surface area (TPSA) is 32.3 Å². The van der Waals surface area contributed by atoms with Gasteiger partial charge in [-0.2, -0.15) is 0 Å². The maximum Gasteiger partial charge on any atom is 0.0940 e. The molecule has 2 rings (SSSR count).